The van der Waals surface area contributed by atoms with Crippen molar-refractivity contribution in [1.29, 1.82) is 0 Å². The quantitative estimate of drug-likeness (QED) is 0.747. The van der Waals surface area contributed by atoms with Crippen LogP contribution in [-0.2, 0) is 4.79 Å². The molecular formula is C13H23BrN2O. The number of hydrogen-bond donors (Lipinski definition) is 0. The van der Waals surface area contributed by atoms with E-state index in [1.165, 1.54) is 32.4 Å². The number of hydrogen-bond acceptors (Lipinski definition) is 2. The van der Waals surface area contributed by atoms with Crippen molar-refractivity contribution in [2.24, 2.45) is 0 Å². The van der Waals surface area contributed by atoms with E-state index in [4.69, 9.17) is 0 Å². The first-order chi connectivity index (χ1) is 8.22. The zero-order chi connectivity index (χ0) is 12.3. The van der Waals surface area contributed by atoms with Gasteiger partial charge in [0.1, 0.15) is 0 Å². The molecule has 0 aromatic carbocycles. The monoisotopic (exact) mass is 302 g/mol. The summed E-state index contributed by atoms with van der Waals surface area (Å²) in [7, 11) is 0. The highest BCUT2D eigenvalue weighted by molar-refractivity contribution is 9.10. The van der Waals surface area contributed by atoms with Crippen LogP contribution in [0.1, 0.15) is 39.0 Å². The van der Waals surface area contributed by atoms with Crippen molar-refractivity contribution in [3.05, 3.63) is 0 Å². The number of halogens is 1. The lowest BCUT2D eigenvalue weighted by Crippen LogP contribution is -2.42. The minimum absolute atomic E-state index is 0.0163. The summed E-state index contributed by atoms with van der Waals surface area (Å²) in [5.41, 5.74) is 0. The molecule has 3 nitrogen and oxygen atoms in total. The molecular weight excluding hydrogens is 280 g/mol. The van der Waals surface area contributed by atoms with Crippen LogP contribution in [-0.4, -0.2) is 52.8 Å². The first-order valence-corrected chi connectivity index (χ1v) is 7.81. The summed E-state index contributed by atoms with van der Waals surface area (Å²) >= 11 is 3.46. The van der Waals surface area contributed by atoms with Gasteiger partial charge in [0.15, 0.2) is 0 Å². The number of rotatable bonds is 3. The number of piperidine rings is 1. The van der Waals surface area contributed by atoms with Crippen molar-refractivity contribution >= 4 is 21.8 Å². The van der Waals surface area contributed by atoms with Gasteiger partial charge in [-0.1, -0.05) is 29.3 Å². The number of carbonyl (C=O) groups excluding carboxylic acids is 1. The van der Waals surface area contributed by atoms with Gasteiger partial charge in [0.05, 0.1) is 4.83 Å². The minimum atomic E-state index is 0.0163. The van der Waals surface area contributed by atoms with Gasteiger partial charge >= 0.3 is 0 Å². The van der Waals surface area contributed by atoms with E-state index in [9.17, 15) is 4.79 Å². The zero-order valence-corrected chi connectivity index (χ0v) is 12.3. The Bertz CT molecular complexity index is 266. The number of likely N-dealkylation sites (tertiary alicyclic amines) is 2. The molecule has 2 aliphatic rings. The maximum atomic E-state index is 12.1. The third kappa shape index (κ3) is 3.22. The molecule has 0 aromatic rings. The zero-order valence-electron chi connectivity index (χ0n) is 10.7. The van der Waals surface area contributed by atoms with Crippen LogP contribution in [0.4, 0.5) is 0 Å². The summed E-state index contributed by atoms with van der Waals surface area (Å²) in [4.78, 5) is 16.7. The topological polar surface area (TPSA) is 23.6 Å². The van der Waals surface area contributed by atoms with E-state index in [1.54, 1.807) is 0 Å². The molecule has 98 valence electrons. The van der Waals surface area contributed by atoms with Crippen LogP contribution in [0, 0.1) is 0 Å². The third-order valence-corrected chi connectivity index (χ3v) is 5.05. The molecule has 2 atom stereocenters. The van der Waals surface area contributed by atoms with E-state index in [2.05, 4.69) is 27.8 Å². The Labute approximate surface area is 113 Å². The molecule has 4 heteroatoms. The van der Waals surface area contributed by atoms with E-state index in [1.807, 2.05) is 4.90 Å². The summed E-state index contributed by atoms with van der Waals surface area (Å²) in [6.07, 6.45) is 6.09. The minimum Gasteiger partial charge on any atom is -0.340 e. The molecule has 17 heavy (non-hydrogen) atoms. The molecule has 2 aliphatic heterocycles. The van der Waals surface area contributed by atoms with E-state index < -0.39 is 0 Å². The third-order valence-electron chi connectivity index (χ3n) is 4.01. The molecule has 0 saturated carbocycles. The van der Waals surface area contributed by atoms with E-state index in [-0.39, 0.29) is 10.7 Å². The van der Waals surface area contributed by atoms with Crippen molar-refractivity contribution in [2.45, 2.75) is 49.9 Å². The Balaban J connectivity index is 1.84. The summed E-state index contributed by atoms with van der Waals surface area (Å²) in [5.74, 6) is 0.284. The SMILES string of the molecule is CCC(Br)C(=O)N1CCC(N2CCCCC2)C1. The van der Waals surface area contributed by atoms with Gasteiger partial charge in [-0.15, -0.1) is 0 Å². The second-order valence-electron chi connectivity index (χ2n) is 5.20. The van der Waals surface area contributed by atoms with Crippen LogP contribution in [0.5, 0.6) is 0 Å². The number of carbonyl (C=O) groups is 1. The van der Waals surface area contributed by atoms with Crippen LogP contribution in [0.2, 0.25) is 0 Å². The molecule has 0 N–H and O–H groups in total. The van der Waals surface area contributed by atoms with E-state index in [0.29, 0.717) is 6.04 Å². The molecule has 0 radical (unpaired) electrons. The van der Waals surface area contributed by atoms with Gasteiger partial charge in [-0.05, 0) is 38.8 Å². The highest BCUT2D eigenvalue weighted by atomic mass is 79.9. The van der Waals surface area contributed by atoms with Gasteiger partial charge in [-0.25, -0.2) is 0 Å². The summed E-state index contributed by atoms with van der Waals surface area (Å²) in [5, 5.41) is 0. The maximum absolute atomic E-state index is 12.1. The molecule has 0 spiro atoms. The lowest BCUT2D eigenvalue weighted by molar-refractivity contribution is -0.129. The number of alkyl halides is 1. The van der Waals surface area contributed by atoms with Crippen molar-refractivity contribution < 1.29 is 4.79 Å². The molecule has 1 amide bonds. The molecule has 0 aromatic heterocycles. The Morgan fingerprint density at radius 1 is 1.29 bits per heavy atom. The lowest BCUT2D eigenvalue weighted by Gasteiger charge is -2.32. The fourth-order valence-corrected chi connectivity index (χ4v) is 3.19. The Kier molecular flexibility index (Phi) is 4.86. The fraction of sp³-hybridized carbons (Fsp3) is 0.923. The average Bonchev–Trinajstić information content (AvgIpc) is 2.87. The summed E-state index contributed by atoms with van der Waals surface area (Å²) < 4.78 is 0. The largest absolute Gasteiger partial charge is 0.340 e. The molecule has 2 rings (SSSR count). The molecule has 2 heterocycles. The molecule has 2 unspecified atom stereocenters. The van der Waals surface area contributed by atoms with Crippen LogP contribution < -0.4 is 0 Å². The highest BCUT2D eigenvalue weighted by Crippen LogP contribution is 2.22. The van der Waals surface area contributed by atoms with Gasteiger partial charge in [0.2, 0.25) is 5.91 Å². The van der Waals surface area contributed by atoms with E-state index in [0.717, 1.165) is 25.9 Å². The van der Waals surface area contributed by atoms with Crippen LogP contribution in [0.25, 0.3) is 0 Å². The molecule has 0 aliphatic carbocycles. The van der Waals surface area contributed by atoms with Crippen LogP contribution >= 0.6 is 15.9 Å². The van der Waals surface area contributed by atoms with Crippen molar-refractivity contribution in [3.63, 3.8) is 0 Å². The second kappa shape index (κ2) is 6.19. The van der Waals surface area contributed by atoms with Crippen LogP contribution in [0.3, 0.4) is 0 Å². The van der Waals surface area contributed by atoms with Crippen molar-refractivity contribution in [1.82, 2.24) is 9.80 Å². The predicted octanol–water partition coefficient (Wildman–Crippen LogP) is 2.25. The average molecular weight is 303 g/mol. The van der Waals surface area contributed by atoms with Gasteiger partial charge in [-0.2, -0.15) is 0 Å². The maximum Gasteiger partial charge on any atom is 0.236 e. The smallest absolute Gasteiger partial charge is 0.236 e. The molecule has 2 fully saturated rings. The van der Waals surface area contributed by atoms with Gasteiger partial charge in [-0.3, -0.25) is 9.69 Å². The van der Waals surface area contributed by atoms with Crippen molar-refractivity contribution in [2.75, 3.05) is 26.2 Å². The first-order valence-electron chi connectivity index (χ1n) is 6.89. The number of amides is 1. The predicted molar refractivity (Wildman–Crippen MR) is 73.4 cm³/mol. The normalized spacial score (nSPS) is 28.4. The molecule has 2 saturated heterocycles. The molecule has 0 bridgehead atoms. The fourth-order valence-electron chi connectivity index (χ4n) is 2.90. The van der Waals surface area contributed by atoms with E-state index >= 15 is 0 Å². The number of nitrogens with zero attached hydrogens (tertiary/aromatic N) is 2. The Hall–Kier alpha value is -0.0900. The second-order valence-corrected chi connectivity index (χ2v) is 6.30. The van der Waals surface area contributed by atoms with Gasteiger partial charge in [0.25, 0.3) is 0 Å². The van der Waals surface area contributed by atoms with Crippen molar-refractivity contribution in [3.8, 4) is 0 Å². The first kappa shape index (κ1) is 13.3. The Morgan fingerprint density at radius 3 is 2.65 bits per heavy atom. The Morgan fingerprint density at radius 2 is 2.00 bits per heavy atom. The highest BCUT2D eigenvalue weighted by Gasteiger charge is 2.32. The van der Waals surface area contributed by atoms with Gasteiger partial charge in [0, 0.05) is 19.1 Å². The standard InChI is InChI=1S/C13H23BrN2O/c1-2-12(14)13(17)16-9-6-11(10-16)15-7-4-3-5-8-15/h11-12H,2-10H2,1H3. The summed E-state index contributed by atoms with van der Waals surface area (Å²) in [6.45, 7) is 6.41. The van der Waals surface area contributed by atoms with Gasteiger partial charge < -0.3 is 4.90 Å². The summed E-state index contributed by atoms with van der Waals surface area (Å²) in [6, 6.07) is 0.621. The van der Waals surface area contributed by atoms with Crippen LogP contribution in [0.15, 0.2) is 0 Å². The lowest BCUT2D eigenvalue weighted by atomic mass is 10.1.